The molecule has 0 spiro atoms. The molecule has 2 fully saturated rings. The first-order valence-corrected chi connectivity index (χ1v) is 11.3. The highest BCUT2D eigenvalue weighted by Gasteiger charge is 2.33. The molecule has 2 aromatic heterocycles. The van der Waals surface area contributed by atoms with Gasteiger partial charge in [0, 0.05) is 32.1 Å². The molecule has 8 heteroatoms. The number of aromatic nitrogens is 3. The number of carbonyl (C=O) groups excluding carboxylic acids is 2. The molecule has 8 nitrogen and oxygen atoms in total. The molecule has 0 saturated carbocycles. The maximum Gasteiger partial charge on any atom is 0.309 e. The molecule has 0 radical (unpaired) electrons. The van der Waals surface area contributed by atoms with Gasteiger partial charge in [-0.2, -0.15) is 0 Å². The summed E-state index contributed by atoms with van der Waals surface area (Å²) in [4.78, 5) is 42.8. The number of aryl methyl sites for hydroxylation is 2. The molecule has 2 aromatic rings. The highest BCUT2D eigenvalue weighted by Crippen LogP contribution is 2.28. The van der Waals surface area contributed by atoms with Crippen molar-refractivity contribution in [1.82, 2.24) is 19.9 Å². The molecule has 0 bridgehead atoms. The number of amides is 1. The molecule has 2 aliphatic heterocycles. The van der Waals surface area contributed by atoms with Crippen LogP contribution in [0.2, 0.25) is 0 Å². The van der Waals surface area contributed by atoms with Crippen molar-refractivity contribution in [3.05, 3.63) is 23.7 Å². The summed E-state index contributed by atoms with van der Waals surface area (Å²) in [5, 5.41) is 0. The molecule has 2 aliphatic rings. The van der Waals surface area contributed by atoms with Gasteiger partial charge in [0.2, 0.25) is 5.91 Å². The maximum atomic E-state index is 13.0. The summed E-state index contributed by atoms with van der Waals surface area (Å²) in [6, 6.07) is 2.05. The third-order valence-electron chi connectivity index (χ3n) is 6.55. The lowest BCUT2D eigenvalue weighted by atomic mass is 9.92. The highest BCUT2D eigenvalue weighted by atomic mass is 16.5. The Bertz CT molecular complexity index is 963. The van der Waals surface area contributed by atoms with E-state index in [0.29, 0.717) is 38.2 Å². The topological polar surface area (TPSA) is 88.5 Å². The summed E-state index contributed by atoms with van der Waals surface area (Å²) in [6.07, 6.45) is 4.91. The Hall–Kier alpha value is -2.77. The first-order valence-electron chi connectivity index (χ1n) is 11.3. The lowest BCUT2D eigenvalue weighted by Crippen LogP contribution is -2.46. The van der Waals surface area contributed by atoms with Crippen molar-refractivity contribution in [1.29, 1.82) is 0 Å². The number of rotatable bonds is 4. The number of likely N-dealkylation sites (tertiary alicyclic amines) is 1. The number of pyridine rings is 1. The second-order valence-corrected chi connectivity index (χ2v) is 8.54. The second-order valence-electron chi connectivity index (χ2n) is 8.54. The number of hydrogen-bond acceptors (Lipinski definition) is 7. The number of ether oxygens (including phenoxy) is 1. The zero-order valence-corrected chi connectivity index (χ0v) is 18.6. The fourth-order valence-electron chi connectivity index (χ4n) is 4.52. The van der Waals surface area contributed by atoms with Crippen molar-refractivity contribution in [2.24, 2.45) is 11.8 Å². The van der Waals surface area contributed by atoms with E-state index in [4.69, 9.17) is 4.74 Å². The minimum Gasteiger partial charge on any atom is -0.466 e. The lowest BCUT2D eigenvalue weighted by molar-refractivity contribution is -0.151. The Morgan fingerprint density at radius 2 is 1.65 bits per heavy atom. The number of nitrogens with zero attached hydrogens (tertiary/aromatic N) is 5. The lowest BCUT2D eigenvalue weighted by Gasteiger charge is -2.37. The predicted molar refractivity (Wildman–Crippen MR) is 118 cm³/mol. The summed E-state index contributed by atoms with van der Waals surface area (Å²) in [5.74, 6) is 0.0905. The minimum atomic E-state index is -0.123. The van der Waals surface area contributed by atoms with Crippen LogP contribution in [0.3, 0.4) is 0 Å². The van der Waals surface area contributed by atoms with Gasteiger partial charge < -0.3 is 14.5 Å². The number of fused-ring (bicyclic) bond motifs is 1. The Morgan fingerprint density at radius 3 is 2.32 bits per heavy atom. The summed E-state index contributed by atoms with van der Waals surface area (Å²) < 4.78 is 5.12. The molecule has 0 aliphatic carbocycles. The zero-order chi connectivity index (χ0) is 22.0. The van der Waals surface area contributed by atoms with E-state index in [1.165, 1.54) is 0 Å². The van der Waals surface area contributed by atoms with Gasteiger partial charge in [0.1, 0.15) is 5.52 Å². The van der Waals surface area contributed by atoms with Gasteiger partial charge in [0.25, 0.3) is 0 Å². The maximum absolute atomic E-state index is 13.0. The number of hydrogen-bond donors (Lipinski definition) is 0. The quantitative estimate of drug-likeness (QED) is 0.696. The van der Waals surface area contributed by atoms with E-state index in [1.807, 2.05) is 37.9 Å². The molecular formula is C23H31N5O3. The smallest absolute Gasteiger partial charge is 0.309 e. The van der Waals surface area contributed by atoms with Crippen molar-refractivity contribution in [3.63, 3.8) is 0 Å². The van der Waals surface area contributed by atoms with Gasteiger partial charge in [-0.25, -0.2) is 15.0 Å². The first-order chi connectivity index (χ1) is 15.0. The molecular weight excluding hydrogens is 394 g/mol. The third kappa shape index (κ3) is 4.62. The van der Waals surface area contributed by atoms with Crippen molar-refractivity contribution in [2.75, 3.05) is 37.7 Å². The van der Waals surface area contributed by atoms with Crippen molar-refractivity contribution in [3.8, 4) is 0 Å². The zero-order valence-electron chi connectivity index (χ0n) is 18.6. The van der Waals surface area contributed by atoms with E-state index in [0.717, 1.165) is 48.5 Å². The van der Waals surface area contributed by atoms with Gasteiger partial charge in [-0.1, -0.05) is 0 Å². The van der Waals surface area contributed by atoms with Crippen molar-refractivity contribution >= 4 is 28.7 Å². The minimum absolute atomic E-state index is 0.0495. The largest absolute Gasteiger partial charge is 0.466 e. The summed E-state index contributed by atoms with van der Waals surface area (Å²) in [7, 11) is 0. The Labute approximate surface area is 183 Å². The molecule has 4 rings (SSSR count). The van der Waals surface area contributed by atoms with Crippen LogP contribution in [0.4, 0.5) is 5.69 Å². The Morgan fingerprint density at radius 1 is 1.00 bits per heavy atom. The van der Waals surface area contributed by atoms with Crippen LogP contribution in [0.25, 0.3) is 11.2 Å². The molecule has 31 heavy (non-hydrogen) atoms. The SMILES string of the molecule is CCOC(=O)C1CCN(C(=O)C2CCN(c3cnc4nc(C)c(C)nc4c3)CC2)CC1. The predicted octanol–water partition coefficient (Wildman–Crippen LogP) is 2.66. The van der Waals surface area contributed by atoms with Crippen LogP contribution in [-0.4, -0.2) is 64.5 Å². The number of esters is 1. The van der Waals surface area contributed by atoms with Crippen LogP contribution >= 0.6 is 0 Å². The molecule has 4 heterocycles. The van der Waals surface area contributed by atoms with Crippen LogP contribution in [0.15, 0.2) is 12.3 Å². The number of anilines is 1. The van der Waals surface area contributed by atoms with Crippen LogP contribution in [0, 0.1) is 25.7 Å². The molecule has 0 aromatic carbocycles. The van der Waals surface area contributed by atoms with Crippen molar-refractivity contribution < 1.29 is 14.3 Å². The van der Waals surface area contributed by atoms with Gasteiger partial charge in [0.05, 0.1) is 35.8 Å². The average Bonchev–Trinajstić information content (AvgIpc) is 2.79. The molecule has 1 amide bonds. The van der Waals surface area contributed by atoms with Crippen LogP contribution in [0.5, 0.6) is 0 Å². The fraction of sp³-hybridized carbons (Fsp3) is 0.609. The van der Waals surface area contributed by atoms with Crippen LogP contribution in [-0.2, 0) is 14.3 Å². The Balaban J connectivity index is 1.32. The van der Waals surface area contributed by atoms with Gasteiger partial charge in [-0.15, -0.1) is 0 Å². The number of carbonyl (C=O) groups is 2. The van der Waals surface area contributed by atoms with Crippen LogP contribution in [0.1, 0.15) is 44.0 Å². The second kappa shape index (κ2) is 9.16. The van der Waals surface area contributed by atoms with Gasteiger partial charge >= 0.3 is 5.97 Å². The van der Waals surface area contributed by atoms with Gasteiger partial charge in [-0.3, -0.25) is 9.59 Å². The van der Waals surface area contributed by atoms with Crippen LogP contribution < -0.4 is 4.90 Å². The molecule has 0 unspecified atom stereocenters. The molecule has 166 valence electrons. The summed E-state index contributed by atoms with van der Waals surface area (Å²) in [6.45, 7) is 9.08. The van der Waals surface area contributed by atoms with Gasteiger partial charge in [-0.05, 0) is 52.5 Å². The molecule has 0 N–H and O–H groups in total. The monoisotopic (exact) mass is 425 g/mol. The summed E-state index contributed by atoms with van der Waals surface area (Å²) >= 11 is 0. The van der Waals surface area contributed by atoms with E-state index >= 15 is 0 Å². The van der Waals surface area contributed by atoms with E-state index in [-0.39, 0.29) is 23.7 Å². The normalized spacial score (nSPS) is 18.4. The third-order valence-corrected chi connectivity index (χ3v) is 6.55. The van der Waals surface area contributed by atoms with Crippen molar-refractivity contribution in [2.45, 2.75) is 46.5 Å². The van der Waals surface area contributed by atoms with Gasteiger partial charge in [0.15, 0.2) is 5.65 Å². The molecule has 0 atom stereocenters. The standard InChI is InChI=1S/C23H31N5O3/c1-4-31-23(30)18-7-11-28(12-8-18)22(29)17-5-9-27(10-6-17)19-13-20-21(24-14-19)26-16(3)15(2)25-20/h13-14,17-18H,4-12H2,1-3H3. The molecule has 2 saturated heterocycles. The van der Waals surface area contributed by atoms with E-state index in [1.54, 1.807) is 0 Å². The van der Waals surface area contributed by atoms with E-state index < -0.39 is 0 Å². The van der Waals surface area contributed by atoms with E-state index in [2.05, 4.69) is 19.9 Å². The van der Waals surface area contributed by atoms with E-state index in [9.17, 15) is 9.59 Å². The summed E-state index contributed by atoms with van der Waals surface area (Å²) in [5.41, 5.74) is 4.33. The Kier molecular flexibility index (Phi) is 6.34. The first kappa shape index (κ1) is 21.5. The number of piperidine rings is 2. The highest BCUT2D eigenvalue weighted by molar-refractivity contribution is 5.80. The fourth-order valence-corrected chi connectivity index (χ4v) is 4.52. The average molecular weight is 426 g/mol.